The van der Waals surface area contributed by atoms with Gasteiger partial charge in [-0.3, -0.25) is 0 Å². The summed E-state index contributed by atoms with van der Waals surface area (Å²) in [6, 6.07) is 1.98. The van der Waals surface area contributed by atoms with E-state index in [-0.39, 0.29) is 24.6 Å². The summed E-state index contributed by atoms with van der Waals surface area (Å²) in [5.74, 6) is -4.60. The van der Waals surface area contributed by atoms with Crippen LogP contribution >= 0.6 is 0 Å². The number of hydrogen-bond donors (Lipinski definition) is 1. The van der Waals surface area contributed by atoms with Gasteiger partial charge in [0.05, 0.1) is 17.6 Å². The Balaban J connectivity index is 2.45. The van der Waals surface area contributed by atoms with Gasteiger partial charge in [0.1, 0.15) is 5.83 Å². The molecule has 2 unspecified atom stereocenters. The number of ether oxygens (including phenoxy) is 1. The van der Waals surface area contributed by atoms with Crippen LogP contribution in [0, 0.1) is 17.6 Å². The number of nitrogens with one attached hydrogen (secondary N) is 1. The second-order valence-corrected chi connectivity index (χ2v) is 6.83. The van der Waals surface area contributed by atoms with Crippen molar-refractivity contribution in [1.29, 1.82) is 0 Å². The molecule has 6 heteroatoms. The molecule has 2 nitrogen and oxygen atoms in total. The van der Waals surface area contributed by atoms with Crippen LogP contribution in [0.3, 0.4) is 0 Å². The predicted octanol–water partition coefficient (Wildman–Crippen LogP) is 4.49. The first-order chi connectivity index (χ1) is 11.2. The summed E-state index contributed by atoms with van der Waals surface area (Å²) in [5, 5.41) is 3.25. The molecule has 0 aliphatic heterocycles. The van der Waals surface area contributed by atoms with Gasteiger partial charge in [-0.15, -0.1) is 0 Å². The maximum absolute atomic E-state index is 14.8. The van der Waals surface area contributed by atoms with Gasteiger partial charge in [-0.2, -0.15) is 0 Å². The predicted molar refractivity (Wildman–Crippen MR) is 86.0 cm³/mol. The largest absolute Gasteiger partial charge is 0.383 e. The van der Waals surface area contributed by atoms with Gasteiger partial charge in [-0.1, -0.05) is 19.9 Å². The lowest BCUT2D eigenvalue weighted by molar-refractivity contribution is 0.124. The molecule has 0 fully saturated rings. The molecule has 2 atom stereocenters. The average molecular weight is 345 g/mol. The highest BCUT2D eigenvalue weighted by molar-refractivity contribution is 5.75. The summed E-state index contributed by atoms with van der Waals surface area (Å²) in [7, 11) is 1.37. The minimum absolute atomic E-state index is 0.0939. The molecular weight excluding hydrogens is 322 g/mol. The van der Waals surface area contributed by atoms with E-state index in [1.807, 2.05) is 20.8 Å². The van der Waals surface area contributed by atoms with Crippen molar-refractivity contribution in [2.75, 3.05) is 20.3 Å². The monoisotopic (exact) mass is 345 g/mol. The fourth-order valence-electron chi connectivity index (χ4n) is 3.28. The van der Waals surface area contributed by atoms with Crippen LogP contribution in [0.15, 0.2) is 18.0 Å². The van der Waals surface area contributed by atoms with Crippen LogP contribution in [0.25, 0.3) is 5.83 Å². The first-order valence-electron chi connectivity index (χ1n) is 8.01. The molecule has 2 rings (SSSR count). The standard InChI is InChI=1S/C18H23F4NO/c1-10(2)8-23-11(3)7-18(9-24-4)12-5-6-13(19)15(20)14(12)16(21)17(18)22/h5-6,10-11,23H,7-9H2,1-4H3. The molecule has 1 aliphatic rings. The lowest BCUT2D eigenvalue weighted by Gasteiger charge is -2.32. The minimum Gasteiger partial charge on any atom is -0.383 e. The molecule has 134 valence electrons. The quantitative estimate of drug-likeness (QED) is 0.735. The summed E-state index contributed by atoms with van der Waals surface area (Å²) in [4.78, 5) is 0. The third-order valence-corrected chi connectivity index (χ3v) is 4.36. The summed E-state index contributed by atoms with van der Waals surface area (Å²) < 4.78 is 61.8. The lowest BCUT2D eigenvalue weighted by atomic mass is 9.77. The van der Waals surface area contributed by atoms with Crippen LogP contribution < -0.4 is 5.32 Å². The molecule has 0 radical (unpaired) electrons. The van der Waals surface area contributed by atoms with Gasteiger partial charge in [0.15, 0.2) is 17.5 Å². The molecule has 1 aliphatic carbocycles. The maximum atomic E-state index is 14.8. The fraction of sp³-hybridized carbons (Fsp3) is 0.556. The zero-order valence-corrected chi connectivity index (χ0v) is 14.4. The van der Waals surface area contributed by atoms with Crippen molar-refractivity contribution in [1.82, 2.24) is 5.32 Å². The van der Waals surface area contributed by atoms with E-state index in [4.69, 9.17) is 4.74 Å². The topological polar surface area (TPSA) is 21.3 Å². The van der Waals surface area contributed by atoms with Gasteiger partial charge in [0.2, 0.25) is 0 Å². The van der Waals surface area contributed by atoms with E-state index in [2.05, 4.69) is 5.32 Å². The lowest BCUT2D eigenvalue weighted by Crippen LogP contribution is -2.40. The Hall–Kier alpha value is -1.40. The van der Waals surface area contributed by atoms with Crippen LogP contribution in [-0.2, 0) is 10.2 Å². The van der Waals surface area contributed by atoms with Crippen LogP contribution in [0.2, 0.25) is 0 Å². The summed E-state index contributed by atoms with van der Waals surface area (Å²) in [6.07, 6.45) is 0.172. The van der Waals surface area contributed by atoms with Crippen LogP contribution in [0.5, 0.6) is 0 Å². The molecule has 0 saturated carbocycles. The van der Waals surface area contributed by atoms with Crippen molar-refractivity contribution < 1.29 is 22.3 Å². The van der Waals surface area contributed by atoms with Crippen molar-refractivity contribution in [3.8, 4) is 0 Å². The first-order valence-corrected chi connectivity index (χ1v) is 8.01. The van der Waals surface area contributed by atoms with E-state index < -0.39 is 34.3 Å². The molecule has 0 saturated heterocycles. The van der Waals surface area contributed by atoms with Crippen molar-refractivity contribution in [3.63, 3.8) is 0 Å². The van der Waals surface area contributed by atoms with Crippen molar-refractivity contribution in [3.05, 3.63) is 40.7 Å². The van der Waals surface area contributed by atoms with Crippen molar-refractivity contribution in [2.45, 2.75) is 38.6 Å². The normalized spacial score (nSPS) is 21.5. The Morgan fingerprint density at radius 2 is 1.79 bits per heavy atom. The van der Waals surface area contributed by atoms with Gasteiger partial charge in [-0.25, -0.2) is 17.6 Å². The molecule has 1 aromatic carbocycles. The van der Waals surface area contributed by atoms with E-state index >= 15 is 0 Å². The Morgan fingerprint density at radius 3 is 2.38 bits per heavy atom. The van der Waals surface area contributed by atoms with Gasteiger partial charge in [0, 0.05) is 13.2 Å². The molecular formula is C18H23F4NO. The summed E-state index contributed by atoms with van der Waals surface area (Å²) in [5.41, 5.74) is -1.98. The molecule has 1 aromatic rings. The second kappa shape index (κ2) is 7.23. The van der Waals surface area contributed by atoms with E-state index in [0.717, 1.165) is 6.07 Å². The molecule has 0 amide bonds. The average Bonchev–Trinajstić information content (AvgIpc) is 2.72. The van der Waals surface area contributed by atoms with Crippen LogP contribution in [-0.4, -0.2) is 26.3 Å². The zero-order valence-electron chi connectivity index (χ0n) is 14.4. The first kappa shape index (κ1) is 18.9. The smallest absolute Gasteiger partial charge is 0.169 e. The van der Waals surface area contributed by atoms with Crippen molar-refractivity contribution >= 4 is 5.83 Å². The van der Waals surface area contributed by atoms with E-state index in [1.165, 1.54) is 13.2 Å². The van der Waals surface area contributed by atoms with E-state index in [1.54, 1.807) is 0 Å². The molecule has 24 heavy (non-hydrogen) atoms. The molecule has 0 bridgehead atoms. The number of fused-ring (bicyclic) bond motifs is 1. The molecule has 1 N–H and O–H groups in total. The van der Waals surface area contributed by atoms with Gasteiger partial charge in [-0.05, 0) is 37.4 Å². The van der Waals surface area contributed by atoms with Crippen LogP contribution in [0.4, 0.5) is 17.6 Å². The molecule has 0 spiro atoms. The van der Waals surface area contributed by atoms with Gasteiger partial charge in [0.25, 0.3) is 0 Å². The number of rotatable bonds is 7. The number of halogens is 4. The Labute approximate surface area is 139 Å². The maximum Gasteiger partial charge on any atom is 0.169 e. The molecule has 0 heterocycles. The minimum atomic E-state index is -1.45. The highest BCUT2D eigenvalue weighted by atomic mass is 19.2. The Morgan fingerprint density at radius 1 is 1.12 bits per heavy atom. The fourth-order valence-corrected chi connectivity index (χ4v) is 3.28. The highest BCUT2D eigenvalue weighted by Gasteiger charge is 2.49. The Bertz CT molecular complexity index is 644. The third kappa shape index (κ3) is 3.22. The van der Waals surface area contributed by atoms with Crippen molar-refractivity contribution in [2.24, 2.45) is 5.92 Å². The summed E-state index contributed by atoms with van der Waals surface area (Å²) >= 11 is 0. The number of hydrogen-bond acceptors (Lipinski definition) is 2. The van der Waals surface area contributed by atoms with Gasteiger partial charge < -0.3 is 10.1 Å². The highest BCUT2D eigenvalue weighted by Crippen LogP contribution is 2.51. The van der Waals surface area contributed by atoms with Gasteiger partial charge >= 0.3 is 0 Å². The third-order valence-electron chi connectivity index (χ3n) is 4.36. The zero-order chi connectivity index (χ0) is 18.1. The van der Waals surface area contributed by atoms with E-state index in [9.17, 15) is 17.6 Å². The number of benzene rings is 1. The molecule has 0 aromatic heterocycles. The number of methoxy groups -OCH3 is 1. The summed E-state index contributed by atoms with van der Waals surface area (Å²) in [6.45, 7) is 6.48. The second-order valence-electron chi connectivity index (χ2n) is 6.83. The van der Waals surface area contributed by atoms with Crippen LogP contribution in [0.1, 0.15) is 38.3 Å². The van der Waals surface area contributed by atoms with E-state index in [0.29, 0.717) is 12.5 Å². The SMILES string of the molecule is COCC1(CC(C)NCC(C)C)C(F)=C(F)c2c1ccc(F)c2F. The Kier molecular flexibility index (Phi) is 5.71.